The van der Waals surface area contributed by atoms with Crippen molar-refractivity contribution in [3.8, 4) is 0 Å². The van der Waals surface area contributed by atoms with Crippen LogP contribution < -0.4 is 5.73 Å². The summed E-state index contributed by atoms with van der Waals surface area (Å²) in [6.07, 6.45) is 5.75. The molecule has 0 bridgehead atoms. The lowest BCUT2D eigenvalue weighted by atomic mass is 9.70. The third-order valence-corrected chi connectivity index (χ3v) is 4.75. The van der Waals surface area contributed by atoms with Crippen molar-refractivity contribution < 1.29 is 9.18 Å². The number of benzene rings is 1. The zero-order chi connectivity index (χ0) is 13.9. The van der Waals surface area contributed by atoms with Crippen molar-refractivity contribution in [1.29, 1.82) is 0 Å². The van der Waals surface area contributed by atoms with Crippen molar-refractivity contribution >= 4 is 21.7 Å². The standard InChI is InChI=1S/C15H19BrFNO/c16-12-6-4-5-11(14(12)17)13(19)9-15(10-18)7-2-1-3-8-15/h4-6H,1-3,7-10,18H2. The lowest BCUT2D eigenvalue weighted by Crippen LogP contribution is -2.35. The van der Waals surface area contributed by atoms with Crippen molar-refractivity contribution in [3.63, 3.8) is 0 Å². The van der Waals surface area contributed by atoms with E-state index in [1.54, 1.807) is 18.2 Å². The number of hydrogen-bond donors (Lipinski definition) is 1. The summed E-state index contributed by atoms with van der Waals surface area (Å²) in [7, 11) is 0. The maximum Gasteiger partial charge on any atom is 0.166 e. The van der Waals surface area contributed by atoms with E-state index in [1.165, 1.54) is 6.42 Å². The molecule has 2 nitrogen and oxygen atoms in total. The number of carbonyl (C=O) groups excluding carboxylic acids is 1. The fourth-order valence-electron chi connectivity index (χ4n) is 2.91. The SMILES string of the molecule is NCC1(CC(=O)c2cccc(Br)c2F)CCCCC1. The van der Waals surface area contributed by atoms with Gasteiger partial charge in [0.1, 0.15) is 5.82 Å². The Kier molecular flexibility index (Phi) is 4.74. The largest absolute Gasteiger partial charge is 0.330 e. The summed E-state index contributed by atoms with van der Waals surface area (Å²) in [5, 5.41) is 0. The second-order valence-electron chi connectivity index (χ2n) is 5.47. The molecule has 1 aliphatic rings. The normalized spacial score (nSPS) is 18.3. The summed E-state index contributed by atoms with van der Waals surface area (Å²) < 4.78 is 14.3. The molecular weight excluding hydrogens is 309 g/mol. The van der Waals surface area contributed by atoms with Crippen LogP contribution in [0.1, 0.15) is 48.9 Å². The minimum atomic E-state index is -0.463. The minimum absolute atomic E-state index is 0.121. The molecule has 1 aromatic carbocycles. The molecule has 0 amide bonds. The van der Waals surface area contributed by atoms with Crippen LogP contribution in [0.3, 0.4) is 0 Å². The van der Waals surface area contributed by atoms with Gasteiger partial charge in [0, 0.05) is 6.42 Å². The predicted octanol–water partition coefficient (Wildman–Crippen LogP) is 4.07. The van der Waals surface area contributed by atoms with Gasteiger partial charge < -0.3 is 5.73 Å². The third kappa shape index (κ3) is 3.23. The van der Waals surface area contributed by atoms with Gasteiger partial charge in [0.05, 0.1) is 10.0 Å². The average Bonchev–Trinajstić information content (AvgIpc) is 2.42. The fourth-order valence-corrected chi connectivity index (χ4v) is 3.28. The first-order valence-electron chi connectivity index (χ1n) is 6.75. The molecule has 1 saturated carbocycles. The fraction of sp³-hybridized carbons (Fsp3) is 0.533. The molecule has 0 aromatic heterocycles. The van der Waals surface area contributed by atoms with Crippen LogP contribution in [0.4, 0.5) is 4.39 Å². The van der Waals surface area contributed by atoms with E-state index in [1.807, 2.05) is 0 Å². The Labute approximate surface area is 121 Å². The van der Waals surface area contributed by atoms with E-state index in [-0.39, 0.29) is 16.8 Å². The number of hydrogen-bond acceptors (Lipinski definition) is 2. The molecule has 0 aliphatic heterocycles. The first kappa shape index (κ1) is 14.7. The van der Waals surface area contributed by atoms with Gasteiger partial charge >= 0.3 is 0 Å². The van der Waals surface area contributed by atoms with Gasteiger partial charge in [-0.25, -0.2) is 4.39 Å². The maximum absolute atomic E-state index is 13.9. The van der Waals surface area contributed by atoms with Crippen molar-refractivity contribution in [2.45, 2.75) is 38.5 Å². The summed E-state index contributed by atoms with van der Waals surface area (Å²) in [5.41, 5.74) is 5.93. The van der Waals surface area contributed by atoms with Gasteiger partial charge in [-0.15, -0.1) is 0 Å². The molecule has 1 fully saturated rings. The molecular formula is C15H19BrFNO. The summed E-state index contributed by atoms with van der Waals surface area (Å²) in [6, 6.07) is 4.84. The highest BCUT2D eigenvalue weighted by molar-refractivity contribution is 9.10. The maximum atomic E-state index is 13.9. The van der Waals surface area contributed by atoms with Crippen LogP contribution in [0.25, 0.3) is 0 Å². The molecule has 2 rings (SSSR count). The molecule has 0 heterocycles. The number of carbonyl (C=O) groups is 1. The van der Waals surface area contributed by atoms with E-state index in [2.05, 4.69) is 15.9 Å². The Morgan fingerprint density at radius 3 is 2.63 bits per heavy atom. The Bertz CT molecular complexity index is 469. The molecule has 0 saturated heterocycles. The van der Waals surface area contributed by atoms with Crippen molar-refractivity contribution in [2.24, 2.45) is 11.1 Å². The van der Waals surface area contributed by atoms with Crippen LogP contribution in [0.2, 0.25) is 0 Å². The lowest BCUT2D eigenvalue weighted by Gasteiger charge is -2.35. The van der Waals surface area contributed by atoms with E-state index < -0.39 is 5.82 Å². The number of ketones is 1. The second kappa shape index (κ2) is 6.14. The Hall–Kier alpha value is -0.740. The van der Waals surface area contributed by atoms with Gasteiger partial charge in [0.15, 0.2) is 5.78 Å². The van der Waals surface area contributed by atoms with Crippen LogP contribution in [0.5, 0.6) is 0 Å². The van der Waals surface area contributed by atoms with Crippen molar-refractivity contribution in [3.05, 3.63) is 34.1 Å². The molecule has 1 aliphatic carbocycles. The second-order valence-corrected chi connectivity index (χ2v) is 6.32. The number of halogens is 2. The molecule has 104 valence electrons. The van der Waals surface area contributed by atoms with Crippen LogP contribution in [0.15, 0.2) is 22.7 Å². The quantitative estimate of drug-likeness (QED) is 0.847. The van der Waals surface area contributed by atoms with Gasteiger partial charge in [-0.05, 0) is 52.9 Å². The van der Waals surface area contributed by atoms with E-state index >= 15 is 0 Å². The van der Waals surface area contributed by atoms with E-state index in [0.717, 1.165) is 25.7 Å². The monoisotopic (exact) mass is 327 g/mol. The molecule has 2 N–H and O–H groups in total. The topological polar surface area (TPSA) is 43.1 Å². The molecule has 4 heteroatoms. The summed E-state index contributed by atoms with van der Waals surface area (Å²) in [5.74, 6) is -0.596. The number of rotatable bonds is 4. The summed E-state index contributed by atoms with van der Waals surface area (Å²) >= 11 is 3.12. The van der Waals surface area contributed by atoms with Crippen LogP contribution in [-0.4, -0.2) is 12.3 Å². The van der Waals surface area contributed by atoms with Crippen molar-refractivity contribution in [2.75, 3.05) is 6.54 Å². The number of Topliss-reactive ketones (excluding diaryl/α,β-unsaturated/α-hetero) is 1. The molecule has 0 unspecified atom stereocenters. The average molecular weight is 328 g/mol. The van der Waals surface area contributed by atoms with E-state index in [0.29, 0.717) is 17.4 Å². The number of nitrogens with two attached hydrogens (primary N) is 1. The van der Waals surface area contributed by atoms with Crippen LogP contribution in [-0.2, 0) is 0 Å². The van der Waals surface area contributed by atoms with Crippen molar-refractivity contribution in [1.82, 2.24) is 0 Å². The first-order chi connectivity index (χ1) is 9.08. The Balaban J connectivity index is 2.17. The third-order valence-electron chi connectivity index (χ3n) is 4.13. The zero-order valence-electron chi connectivity index (χ0n) is 10.9. The first-order valence-corrected chi connectivity index (χ1v) is 7.55. The smallest absolute Gasteiger partial charge is 0.166 e. The minimum Gasteiger partial charge on any atom is -0.330 e. The Morgan fingerprint density at radius 1 is 1.32 bits per heavy atom. The predicted molar refractivity (Wildman–Crippen MR) is 77.6 cm³/mol. The highest BCUT2D eigenvalue weighted by atomic mass is 79.9. The van der Waals surface area contributed by atoms with Gasteiger partial charge in [-0.2, -0.15) is 0 Å². The van der Waals surface area contributed by atoms with Gasteiger partial charge in [0.2, 0.25) is 0 Å². The molecule has 0 spiro atoms. The Morgan fingerprint density at radius 2 is 2.00 bits per heavy atom. The van der Waals surface area contributed by atoms with E-state index in [4.69, 9.17) is 5.73 Å². The van der Waals surface area contributed by atoms with Gasteiger partial charge in [-0.1, -0.05) is 25.3 Å². The van der Waals surface area contributed by atoms with E-state index in [9.17, 15) is 9.18 Å². The lowest BCUT2D eigenvalue weighted by molar-refractivity contribution is 0.0864. The van der Waals surface area contributed by atoms with Crippen LogP contribution >= 0.6 is 15.9 Å². The summed E-state index contributed by atoms with van der Waals surface area (Å²) in [6.45, 7) is 0.508. The zero-order valence-corrected chi connectivity index (χ0v) is 12.5. The molecule has 0 radical (unpaired) electrons. The highest BCUT2D eigenvalue weighted by Gasteiger charge is 2.33. The van der Waals surface area contributed by atoms with Gasteiger partial charge in [0.25, 0.3) is 0 Å². The summed E-state index contributed by atoms with van der Waals surface area (Å²) in [4.78, 5) is 12.3. The molecule has 19 heavy (non-hydrogen) atoms. The van der Waals surface area contributed by atoms with Gasteiger partial charge in [-0.3, -0.25) is 4.79 Å². The van der Waals surface area contributed by atoms with Crippen LogP contribution in [0, 0.1) is 11.2 Å². The molecule has 0 atom stereocenters. The molecule has 1 aromatic rings. The highest BCUT2D eigenvalue weighted by Crippen LogP contribution is 2.39.